The van der Waals surface area contributed by atoms with Crippen molar-refractivity contribution in [3.63, 3.8) is 0 Å². The molecular weight excluding hydrogens is 336 g/mol. The first-order valence-corrected chi connectivity index (χ1v) is 8.86. The number of carbonyl (C=O) groups excluding carboxylic acids is 1. The summed E-state index contributed by atoms with van der Waals surface area (Å²) in [5.74, 6) is -1.27. The summed E-state index contributed by atoms with van der Waals surface area (Å²) >= 11 is 1.50. The minimum Gasteiger partial charge on any atom is -0.507 e. The molecule has 3 aromatic rings. The Bertz CT molecular complexity index is 1010. The number of hydrogen-bond acceptors (Lipinski definition) is 5. The van der Waals surface area contributed by atoms with E-state index in [2.05, 4.69) is 4.72 Å². The number of sulfonamides is 1. The van der Waals surface area contributed by atoms with Gasteiger partial charge in [-0.3, -0.25) is 9.52 Å². The van der Waals surface area contributed by atoms with E-state index in [1.165, 1.54) is 17.4 Å². The third-order valence-electron chi connectivity index (χ3n) is 3.25. The maximum Gasteiger partial charge on any atom is 0.261 e. The molecule has 6 nitrogen and oxygen atoms in total. The fourth-order valence-corrected chi connectivity index (χ4v) is 4.02. The van der Waals surface area contributed by atoms with Gasteiger partial charge in [0.1, 0.15) is 5.75 Å². The van der Waals surface area contributed by atoms with Crippen molar-refractivity contribution >= 4 is 43.0 Å². The zero-order valence-corrected chi connectivity index (χ0v) is 13.3. The van der Waals surface area contributed by atoms with Crippen LogP contribution in [0.15, 0.2) is 52.7 Å². The zero-order valence-electron chi connectivity index (χ0n) is 11.7. The second kappa shape index (κ2) is 5.56. The molecule has 8 heteroatoms. The molecule has 0 aliphatic rings. The van der Waals surface area contributed by atoms with E-state index >= 15 is 0 Å². The number of nitrogens with one attached hydrogen (secondary N) is 1. The van der Waals surface area contributed by atoms with Crippen molar-refractivity contribution in [2.24, 2.45) is 5.73 Å². The summed E-state index contributed by atoms with van der Waals surface area (Å²) in [6.45, 7) is 0. The van der Waals surface area contributed by atoms with Gasteiger partial charge in [0.05, 0.1) is 16.1 Å². The van der Waals surface area contributed by atoms with Gasteiger partial charge in [-0.25, -0.2) is 8.42 Å². The number of nitrogens with two attached hydrogens (primary N) is 1. The van der Waals surface area contributed by atoms with E-state index in [-0.39, 0.29) is 16.2 Å². The molecule has 0 aliphatic heterocycles. The third kappa shape index (κ3) is 2.99. The highest BCUT2D eigenvalue weighted by molar-refractivity contribution is 7.92. The van der Waals surface area contributed by atoms with Crippen LogP contribution in [0.4, 0.5) is 5.69 Å². The number of amides is 1. The van der Waals surface area contributed by atoms with Gasteiger partial charge >= 0.3 is 0 Å². The molecule has 1 aromatic heterocycles. The summed E-state index contributed by atoms with van der Waals surface area (Å²) < 4.78 is 28.2. The molecule has 0 saturated heterocycles. The lowest BCUT2D eigenvalue weighted by atomic mass is 10.2. The normalized spacial score (nSPS) is 11.5. The zero-order chi connectivity index (χ0) is 16.6. The molecule has 0 bridgehead atoms. The molecule has 0 radical (unpaired) electrons. The van der Waals surface area contributed by atoms with E-state index in [1.54, 1.807) is 12.1 Å². The smallest absolute Gasteiger partial charge is 0.261 e. The fourth-order valence-electron chi connectivity index (χ4n) is 2.11. The summed E-state index contributed by atoms with van der Waals surface area (Å²) in [5.41, 5.74) is 5.28. The number of fused-ring (bicyclic) bond motifs is 1. The average molecular weight is 348 g/mol. The van der Waals surface area contributed by atoms with Crippen LogP contribution in [0.5, 0.6) is 5.75 Å². The first kappa shape index (κ1) is 15.3. The van der Waals surface area contributed by atoms with Crippen molar-refractivity contribution in [2.75, 3.05) is 4.72 Å². The molecule has 23 heavy (non-hydrogen) atoms. The lowest BCUT2D eigenvalue weighted by Gasteiger charge is -2.09. The Morgan fingerprint density at radius 3 is 2.65 bits per heavy atom. The SMILES string of the molecule is NC(=O)c1cc(S(=O)(=O)Nc2ccc3ccsc3c2)ccc1O. The molecule has 0 saturated carbocycles. The quantitative estimate of drug-likeness (QED) is 0.673. The van der Waals surface area contributed by atoms with Crippen molar-refractivity contribution in [3.8, 4) is 5.75 Å². The van der Waals surface area contributed by atoms with Crippen LogP contribution >= 0.6 is 11.3 Å². The molecule has 1 heterocycles. The van der Waals surface area contributed by atoms with Crippen LogP contribution in [-0.4, -0.2) is 19.4 Å². The number of benzene rings is 2. The molecule has 4 N–H and O–H groups in total. The van der Waals surface area contributed by atoms with Crippen LogP contribution in [0.3, 0.4) is 0 Å². The van der Waals surface area contributed by atoms with Crippen molar-refractivity contribution < 1.29 is 18.3 Å². The highest BCUT2D eigenvalue weighted by atomic mass is 32.2. The molecular formula is C15H12N2O4S2. The number of rotatable bonds is 4. The van der Waals surface area contributed by atoms with Gasteiger partial charge < -0.3 is 10.8 Å². The summed E-state index contributed by atoms with van der Waals surface area (Å²) in [5, 5.41) is 12.5. The van der Waals surface area contributed by atoms with E-state index in [4.69, 9.17) is 5.73 Å². The third-order valence-corrected chi connectivity index (χ3v) is 5.51. The first-order chi connectivity index (χ1) is 10.9. The van der Waals surface area contributed by atoms with Crippen molar-refractivity contribution in [1.82, 2.24) is 0 Å². The number of phenols is 1. The second-order valence-electron chi connectivity index (χ2n) is 4.82. The Balaban J connectivity index is 1.98. The molecule has 0 unspecified atom stereocenters. The molecule has 3 rings (SSSR count). The average Bonchev–Trinajstić information content (AvgIpc) is 2.94. The van der Waals surface area contributed by atoms with Crippen LogP contribution in [0, 0.1) is 0 Å². The Labute approximate surface area is 136 Å². The Hall–Kier alpha value is -2.58. The Kier molecular flexibility index (Phi) is 3.70. The van der Waals surface area contributed by atoms with Crippen LogP contribution < -0.4 is 10.5 Å². The largest absolute Gasteiger partial charge is 0.507 e. The molecule has 1 amide bonds. The minimum atomic E-state index is -3.90. The van der Waals surface area contributed by atoms with E-state index in [9.17, 15) is 18.3 Å². The number of aromatic hydroxyl groups is 1. The highest BCUT2D eigenvalue weighted by Gasteiger charge is 2.18. The maximum atomic E-state index is 12.4. The summed E-state index contributed by atoms with van der Waals surface area (Å²) in [6, 6.07) is 10.5. The lowest BCUT2D eigenvalue weighted by Crippen LogP contribution is -2.16. The van der Waals surface area contributed by atoms with Gasteiger partial charge in [-0.1, -0.05) is 6.07 Å². The maximum absolute atomic E-state index is 12.4. The van der Waals surface area contributed by atoms with Crippen molar-refractivity contribution in [1.29, 1.82) is 0 Å². The monoisotopic (exact) mass is 348 g/mol. The second-order valence-corrected chi connectivity index (χ2v) is 7.45. The van der Waals surface area contributed by atoms with Crippen molar-refractivity contribution in [3.05, 3.63) is 53.4 Å². The van der Waals surface area contributed by atoms with Gasteiger partial charge in [-0.05, 0) is 47.2 Å². The van der Waals surface area contributed by atoms with E-state index in [0.717, 1.165) is 22.2 Å². The number of hydrogen-bond donors (Lipinski definition) is 3. The number of thiophene rings is 1. The topological polar surface area (TPSA) is 109 Å². The Morgan fingerprint density at radius 1 is 1.13 bits per heavy atom. The van der Waals surface area contributed by atoms with Crippen LogP contribution in [0.1, 0.15) is 10.4 Å². The van der Waals surface area contributed by atoms with E-state index in [0.29, 0.717) is 5.69 Å². The van der Waals surface area contributed by atoms with Crippen LogP contribution in [-0.2, 0) is 10.0 Å². The van der Waals surface area contributed by atoms with Crippen molar-refractivity contribution in [2.45, 2.75) is 4.90 Å². The predicted octanol–water partition coefficient (Wildman–Crippen LogP) is 2.51. The van der Waals surface area contributed by atoms with Gasteiger partial charge in [0.2, 0.25) is 0 Å². The van der Waals surface area contributed by atoms with Gasteiger partial charge in [0.25, 0.3) is 15.9 Å². The minimum absolute atomic E-state index is 0.157. The highest BCUT2D eigenvalue weighted by Crippen LogP contribution is 2.27. The number of carbonyl (C=O) groups is 1. The summed E-state index contributed by atoms with van der Waals surface area (Å²) in [4.78, 5) is 11.1. The lowest BCUT2D eigenvalue weighted by molar-refractivity contribution is 0.0997. The van der Waals surface area contributed by atoms with E-state index < -0.39 is 15.9 Å². The summed E-state index contributed by atoms with van der Waals surface area (Å²) in [6.07, 6.45) is 0. The fraction of sp³-hybridized carbons (Fsp3) is 0. The predicted molar refractivity (Wildman–Crippen MR) is 89.3 cm³/mol. The molecule has 0 aliphatic carbocycles. The summed E-state index contributed by atoms with van der Waals surface area (Å²) in [7, 11) is -3.90. The molecule has 2 aromatic carbocycles. The van der Waals surface area contributed by atoms with Gasteiger partial charge in [0, 0.05) is 4.70 Å². The molecule has 118 valence electrons. The van der Waals surface area contributed by atoms with Gasteiger partial charge in [0.15, 0.2) is 0 Å². The molecule has 0 spiro atoms. The van der Waals surface area contributed by atoms with E-state index in [1.807, 2.05) is 17.5 Å². The molecule has 0 fully saturated rings. The number of anilines is 1. The standard InChI is InChI=1S/C15H12N2O4S2/c16-15(19)12-8-11(3-4-13(12)18)23(20,21)17-10-2-1-9-5-6-22-14(9)7-10/h1-8,17-18H,(H2,16,19). The van der Waals surface area contributed by atoms with Gasteiger partial charge in [-0.15, -0.1) is 11.3 Å². The van der Waals surface area contributed by atoms with Crippen LogP contribution in [0.25, 0.3) is 10.1 Å². The van der Waals surface area contributed by atoms with Crippen LogP contribution in [0.2, 0.25) is 0 Å². The number of primary amides is 1. The Morgan fingerprint density at radius 2 is 1.91 bits per heavy atom. The van der Waals surface area contributed by atoms with Gasteiger partial charge in [-0.2, -0.15) is 0 Å². The molecule has 0 atom stereocenters. The first-order valence-electron chi connectivity index (χ1n) is 6.50.